The highest BCUT2D eigenvalue weighted by Gasteiger charge is 2.15. The predicted octanol–water partition coefficient (Wildman–Crippen LogP) is 4.40. The molecule has 2 amide bonds. The number of nitrogens with one attached hydrogen (secondary N) is 2. The molecule has 158 valence electrons. The second-order valence-electron chi connectivity index (χ2n) is 6.23. The van der Waals surface area contributed by atoms with Crippen LogP contribution in [0.5, 0.6) is 5.75 Å². The first-order valence-corrected chi connectivity index (χ1v) is 9.77. The summed E-state index contributed by atoms with van der Waals surface area (Å²) in [7, 11) is 0. The Bertz CT molecular complexity index is 1120. The molecule has 6 nitrogen and oxygen atoms in total. The van der Waals surface area contributed by atoms with Gasteiger partial charge in [-0.25, -0.2) is 14.2 Å². The van der Waals surface area contributed by atoms with Crippen LogP contribution in [0.25, 0.3) is 0 Å². The van der Waals surface area contributed by atoms with Crippen LogP contribution in [-0.4, -0.2) is 18.0 Å². The lowest BCUT2D eigenvalue weighted by molar-refractivity contribution is -0.136. The van der Waals surface area contributed by atoms with E-state index >= 15 is 0 Å². The fraction of sp³-hybridized carbons (Fsp3) is 0.0455. The molecule has 0 saturated carbocycles. The highest BCUT2D eigenvalue weighted by molar-refractivity contribution is 9.10. The van der Waals surface area contributed by atoms with Crippen molar-refractivity contribution in [1.29, 1.82) is 0 Å². The van der Waals surface area contributed by atoms with Crippen LogP contribution in [-0.2, 0) is 16.2 Å². The standard InChI is InChI=1S/C22H16BrF2N3O3/c23-16-7-10-20(19(25)11-16)27-21(29)22(30)28-26-12-14-5-8-17(9-6-14)31-13-15-3-1-2-4-18(15)24/h1-12H,13H2,(H,27,29)(H,28,30)/b26-12+. The molecule has 0 aliphatic rings. The van der Waals surface area contributed by atoms with E-state index in [0.717, 1.165) is 6.07 Å². The maximum Gasteiger partial charge on any atom is 0.329 e. The average molecular weight is 488 g/mol. The van der Waals surface area contributed by atoms with Gasteiger partial charge in [0.25, 0.3) is 0 Å². The van der Waals surface area contributed by atoms with E-state index in [0.29, 0.717) is 21.3 Å². The summed E-state index contributed by atoms with van der Waals surface area (Å²) in [5, 5.41) is 5.86. The first-order valence-electron chi connectivity index (χ1n) is 8.98. The van der Waals surface area contributed by atoms with Gasteiger partial charge in [0, 0.05) is 10.0 Å². The minimum absolute atomic E-state index is 0.0875. The first-order chi connectivity index (χ1) is 14.9. The monoisotopic (exact) mass is 487 g/mol. The third kappa shape index (κ3) is 6.45. The van der Waals surface area contributed by atoms with Crippen LogP contribution in [0.2, 0.25) is 0 Å². The molecule has 3 aromatic rings. The van der Waals surface area contributed by atoms with Crippen molar-refractivity contribution in [3.05, 3.63) is 94.0 Å². The molecule has 2 N–H and O–H groups in total. The smallest absolute Gasteiger partial charge is 0.329 e. The highest BCUT2D eigenvalue weighted by Crippen LogP contribution is 2.19. The minimum atomic E-state index is -1.06. The summed E-state index contributed by atoms with van der Waals surface area (Å²) in [6.45, 7) is 0.0875. The largest absolute Gasteiger partial charge is 0.489 e. The number of rotatable bonds is 6. The molecule has 0 radical (unpaired) electrons. The van der Waals surface area contributed by atoms with E-state index in [1.54, 1.807) is 42.5 Å². The van der Waals surface area contributed by atoms with Gasteiger partial charge in [-0.1, -0.05) is 34.1 Å². The van der Waals surface area contributed by atoms with Gasteiger partial charge in [-0.2, -0.15) is 5.10 Å². The molecule has 0 aromatic heterocycles. The molecule has 0 atom stereocenters. The van der Waals surface area contributed by atoms with E-state index in [1.807, 2.05) is 0 Å². The molecule has 0 aliphatic carbocycles. The quantitative estimate of drug-likeness (QED) is 0.307. The Hall–Kier alpha value is -3.59. The third-order valence-electron chi connectivity index (χ3n) is 4.00. The van der Waals surface area contributed by atoms with Gasteiger partial charge in [0.2, 0.25) is 0 Å². The van der Waals surface area contributed by atoms with Crippen molar-refractivity contribution in [3.63, 3.8) is 0 Å². The zero-order chi connectivity index (χ0) is 22.2. The zero-order valence-electron chi connectivity index (χ0n) is 15.9. The number of benzene rings is 3. The molecule has 0 unspecified atom stereocenters. The van der Waals surface area contributed by atoms with Crippen molar-refractivity contribution in [2.75, 3.05) is 5.32 Å². The van der Waals surface area contributed by atoms with Crippen LogP contribution in [0.15, 0.2) is 76.3 Å². The molecule has 31 heavy (non-hydrogen) atoms. The Balaban J connectivity index is 1.49. The van der Waals surface area contributed by atoms with Gasteiger partial charge in [0.05, 0.1) is 11.9 Å². The Labute approximate surface area is 185 Å². The average Bonchev–Trinajstić information content (AvgIpc) is 2.76. The third-order valence-corrected chi connectivity index (χ3v) is 4.49. The minimum Gasteiger partial charge on any atom is -0.489 e. The summed E-state index contributed by atoms with van der Waals surface area (Å²) < 4.78 is 33.3. The first kappa shape index (κ1) is 22.1. The fourth-order valence-electron chi connectivity index (χ4n) is 2.41. The molecule has 0 heterocycles. The number of hydrogen-bond acceptors (Lipinski definition) is 4. The maximum atomic E-state index is 13.7. The van der Waals surface area contributed by atoms with Crippen LogP contribution < -0.4 is 15.5 Å². The highest BCUT2D eigenvalue weighted by atomic mass is 79.9. The second kappa shape index (κ2) is 10.4. The van der Waals surface area contributed by atoms with E-state index in [-0.39, 0.29) is 18.1 Å². The maximum absolute atomic E-state index is 13.7. The van der Waals surface area contributed by atoms with E-state index in [4.69, 9.17) is 4.74 Å². The molecule has 0 spiro atoms. The van der Waals surface area contributed by atoms with Crippen molar-refractivity contribution in [2.24, 2.45) is 5.10 Å². The predicted molar refractivity (Wildman–Crippen MR) is 116 cm³/mol. The summed E-state index contributed by atoms with van der Waals surface area (Å²) in [6.07, 6.45) is 1.33. The van der Waals surface area contributed by atoms with Crippen LogP contribution >= 0.6 is 15.9 Å². The van der Waals surface area contributed by atoms with E-state index in [2.05, 4.69) is 31.8 Å². The Morgan fingerprint density at radius 3 is 2.42 bits per heavy atom. The summed E-state index contributed by atoms with van der Waals surface area (Å²) >= 11 is 3.10. The van der Waals surface area contributed by atoms with Gasteiger partial charge < -0.3 is 10.1 Å². The lowest BCUT2D eigenvalue weighted by Gasteiger charge is -2.07. The van der Waals surface area contributed by atoms with Crippen LogP contribution in [0.4, 0.5) is 14.5 Å². The van der Waals surface area contributed by atoms with Gasteiger partial charge in [-0.05, 0) is 54.1 Å². The van der Waals surface area contributed by atoms with Crippen molar-refractivity contribution >= 4 is 39.6 Å². The number of hydrazone groups is 1. The van der Waals surface area contributed by atoms with Crippen LogP contribution in [0.1, 0.15) is 11.1 Å². The molecular formula is C22H16BrF2N3O3. The number of hydrogen-bond donors (Lipinski definition) is 2. The van der Waals surface area contributed by atoms with E-state index in [1.165, 1.54) is 24.4 Å². The van der Waals surface area contributed by atoms with Gasteiger partial charge in [-0.15, -0.1) is 0 Å². The topological polar surface area (TPSA) is 79.8 Å². The van der Waals surface area contributed by atoms with Crippen molar-refractivity contribution in [1.82, 2.24) is 5.43 Å². The summed E-state index contributed by atoms with van der Waals surface area (Å²) in [4.78, 5) is 23.6. The van der Waals surface area contributed by atoms with Crippen LogP contribution in [0.3, 0.4) is 0 Å². The lowest BCUT2D eigenvalue weighted by Crippen LogP contribution is -2.32. The summed E-state index contributed by atoms with van der Waals surface area (Å²) in [6, 6.07) is 17.0. The fourth-order valence-corrected chi connectivity index (χ4v) is 2.75. The molecular weight excluding hydrogens is 472 g/mol. The van der Waals surface area contributed by atoms with Gasteiger partial charge in [0.1, 0.15) is 24.0 Å². The molecule has 9 heteroatoms. The number of ether oxygens (including phenoxy) is 1. The molecule has 0 saturated heterocycles. The second-order valence-corrected chi connectivity index (χ2v) is 7.14. The molecule has 0 fully saturated rings. The SMILES string of the molecule is O=C(N/N=C/c1ccc(OCc2ccccc2F)cc1)C(=O)Nc1ccc(Br)cc1F. The van der Waals surface area contributed by atoms with Gasteiger partial charge >= 0.3 is 11.8 Å². The Morgan fingerprint density at radius 1 is 0.968 bits per heavy atom. The molecule has 0 bridgehead atoms. The molecule has 0 aliphatic heterocycles. The van der Waals surface area contributed by atoms with Crippen molar-refractivity contribution in [3.8, 4) is 5.75 Å². The zero-order valence-corrected chi connectivity index (χ0v) is 17.5. The number of halogens is 3. The number of carbonyl (C=O) groups is 2. The normalized spacial score (nSPS) is 10.7. The number of carbonyl (C=O) groups excluding carboxylic acids is 2. The Morgan fingerprint density at radius 2 is 1.71 bits per heavy atom. The Kier molecular flexibility index (Phi) is 7.45. The lowest BCUT2D eigenvalue weighted by atomic mass is 10.2. The van der Waals surface area contributed by atoms with Gasteiger partial charge in [-0.3, -0.25) is 9.59 Å². The molecule has 3 aromatic carbocycles. The number of nitrogens with zero attached hydrogens (tertiary/aromatic N) is 1. The molecule has 3 rings (SSSR count). The van der Waals surface area contributed by atoms with E-state index in [9.17, 15) is 18.4 Å². The van der Waals surface area contributed by atoms with Gasteiger partial charge in [0.15, 0.2) is 0 Å². The van der Waals surface area contributed by atoms with Crippen molar-refractivity contribution < 1.29 is 23.1 Å². The van der Waals surface area contributed by atoms with Crippen molar-refractivity contribution in [2.45, 2.75) is 6.61 Å². The summed E-state index contributed by atoms with van der Waals surface area (Å²) in [5.41, 5.74) is 3.00. The summed E-state index contributed by atoms with van der Waals surface area (Å²) in [5.74, 6) is -2.61. The number of amides is 2. The number of anilines is 1. The van der Waals surface area contributed by atoms with Crippen LogP contribution in [0, 0.1) is 11.6 Å². The van der Waals surface area contributed by atoms with E-state index < -0.39 is 17.6 Å².